The second-order valence-electron chi connectivity index (χ2n) is 6.01. The van der Waals surface area contributed by atoms with Crippen LogP contribution in [0.2, 0.25) is 0 Å². The summed E-state index contributed by atoms with van der Waals surface area (Å²) in [6.07, 6.45) is 0.0849. The highest BCUT2D eigenvalue weighted by atomic mass is 16.4. The number of rotatable bonds is 6. The van der Waals surface area contributed by atoms with Gasteiger partial charge in [-0.15, -0.1) is 0 Å². The van der Waals surface area contributed by atoms with Crippen LogP contribution in [0.1, 0.15) is 25.3 Å². The fourth-order valence-electron chi connectivity index (χ4n) is 2.95. The van der Waals surface area contributed by atoms with Gasteiger partial charge in [-0.2, -0.15) is 0 Å². The zero-order chi connectivity index (χ0) is 17.7. The number of carboxylic acids is 1. The molecule has 2 rings (SSSR count). The van der Waals surface area contributed by atoms with E-state index in [0.717, 1.165) is 10.5 Å². The molecule has 7 nitrogen and oxygen atoms in total. The minimum Gasteiger partial charge on any atom is -0.480 e. The van der Waals surface area contributed by atoms with Gasteiger partial charge in [0.25, 0.3) is 0 Å². The number of carbonyl (C=O) groups excluding carboxylic acids is 2. The number of β-amino-alcohol motifs (C(OH)–C–C–N with tert-alkyl or cyclic N) is 1. The van der Waals surface area contributed by atoms with Gasteiger partial charge in [-0.05, 0) is 18.4 Å². The molecule has 2 amide bonds. The number of nitrogens with one attached hydrogen (secondary N) is 1. The number of aliphatic hydroxyl groups is 1. The maximum absolute atomic E-state index is 12.7. The Labute approximate surface area is 140 Å². The quantitative estimate of drug-likeness (QED) is 0.687. The van der Waals surface area contributed by atoms with Crippen LogP contribution in [0.3, 0.4) is 0 Å². The average molecular weight is 334 g/mol. The van der Waals surface area contributed by atoms with Gasteiger partial charge in [0.2, 0.25) is 11.8 Å². The van der Waals surface area contributed by atoms with Crippen molar-refractivity contribution in [3.8, 4) is 0 Å². The molecule has 0 saturated carbocycles. The number of likely N-dealkylation sites (tertiary alicyclic amines) is 1. The number of benzene rings is 1. The number of aliphatic hydroxyl groups excluding tert-OH is 1. The van der Waals surface area contributed by atoms with E-state index in [9.17, 15) is 24.6 Å². The van der Waals surface area contributed by atoms with Gasteiger partial charge in [0.05, 0.1) is 6.10 Å². The van der Waals surface area contributed by atoms with Crippen LogP contribution >= 0.6 is 0 Å². The molecule has 1 aromatic carbocycles. The summed E-state index contributed by atoms with van der Waals surface area (Å²) < 4.78 is 0. The minimum absolute atomic E-state index is 0.00650. The van der Waals surface area contributed by atoms with E-state index in [1.165, 1.54) is 6.92 Å². The van der Waals surface area contributed by atoms with Gasteiger partial charge in [-0.25, -0.2) is 4.79 Å². The summed E-state index contributed by atoms with van der Waals surface area (Å²) in [7, 11) is 0. The smallest absolute Gasteiger partial charge is 0.326 e. The Kier molecular flexibility index (Phi) is 5.92. The number of hydrogen-bond acceptors (Lipinski definition) is 4. The highest BCUT2D eigenvalue weighted by Gasteiger charge is 2.41. The summed E-state index contributed by atoms with van der Waals surface area (Å²) in [4.78, 5) is 36.6. The molecule has 3 N–H and O–H groups in total. The van der Waals surface area contributed by atoms with Crippen molar-refractivity contribution in [3.63, 3.8) is 0 Å². The molecule has 1 heterocycles. The van der Waals surface area contributed by atoms with Gasteiger partial charge < -0.3 is 20.4 Å². The topological polar surface area (TPSA) is 107 Å². The van der Waals surface area contributed by atoms with Crippen LogP contribution in [0.15, 0.2) is 30.3 Å². The molecule has 2 unspecified atom stereocenters. The maximum atomic E-state index is 12.7. The van der Waals surface area contributed by atoms with Crippen LogP contribution < -0.4 is 5.32 Å². The van der Waals surface area contributed by atoms with Crippen LogP contribution in [0.5, 0.6) is 0 Å². The Balaban J connectivity index is 2.09. The minimum atomic E-state index is -1.15. The first-order chi connectivity index (χ1) is 11.4. The third-order valence-corrected chi connectivity index (χ3v) is 4.09. The predicted octanol–water partition coefficient (Wildman–Crippen LogP) is 0.170. The Hall–Kier alpha value is -2.41. The summed E-state index contributed by atoms with van der Waals surface area (Å²) >= 11 is 0. The molecule has 1 aliphatic rings. The fraction of sp³-hybridized carbons (Fsp3) is 0.471. The van der Waals surface area contributed by atoms with Crippen LogP contribution in [-0.4, -0.2) is 57.6 Å². The molecule has 0 bridgehead atoms. The number of carboxylic acid groups (broad SMARTS) is 1. The van der Waals surface area contributed by atoms with Crippen molar-refractivity contribution in [1.82, 2.24) is 10.2 Å². The van der Waals surface area contributed by atoms with E-state index in [0.29, 0.717) is 12.8 Å². The molecule has 7 heteroatoms. The number of hydrogen-bond donors (Lipinski definition) is 3. The Bertz CT molecular complexity index is 604. The van der Waals surface area contributed by atoms with Gasteiger partial charge in [0, 0.05) is 19.9 Å². The van der Waals surface area contributed by atoms with Gasteiger partial charge >= 0.3 is 5.97 Å². The second kappa shape index (κ2) is 7.92. The molecule has 0 spiro atoms. The molecule has 24 heavy (non-hydrogen) atoms. The summed E-state index contributed by atoms with van der Waals surface area (Å²) in [5.74, 6) is -1.97. The molecule has 3 atom stereocenters. The normalized spacial score (nSPS) is 21.3. The van der Waals surface area contributed by atoms with Gasteiger partial charge in [-0.1, -0.05) is 30.3 Å². The number of carbonyl (C=O) groups is 3. The molecule has 1 saturated heterocycles. The highest BCUT2D eigenvalue weighted by molar-refractivity contribution is 5.90. The largest absolute Gasteiger partial charge is 0.480 e. The molecule has 0 aromatic heterocycles. The van der Waals surface area contributed by atoms with E-state index in [2.05, 4.69) is 5.32 Å². The Morgan fingerprint density at radius 1 is 1.29 bits per heavy atom. The van der Waals surface area contributed by atoms with Crippen molar-refractivity contribution in [2.45, 2.75) is 44.4 Å². The first kappa shape index (κ1) is 17.9. The average Bonchev–Trinajstić information content (AvgIpc) is 2.93. The monoisotopic (exact) mass is 334 g/mol. The van der Waals surface area contributed by atoms with E-state index in [-0.39, 0.29) is 18.9 Å². The first-order valence-electron chi connectivity index (χ1n) is 7.91. The third kappa shape index (κ3) is 4.55. The maximum Gasteiger partial charge on any atom is 0.326 e. The van der Waals surface area contributed by atoms with E-state index in [4.69, 9.17) is 0 Å². The summed E-state index contributed by atoms with van der Waals surface area (Å²) in [5.41, 5.74) is 1.02. The summed E-state index contributed by atoms with van der Waals surface area (Å²) in [5, 5.41) is 21.5. The lowest BCUT2D eigenvalue weighted by Crippen LogP contribution is -2.51. The van der Waals surface area contributed by atoms with E-state index >= 15 is 0 Å². The standard InChI is InChI=1S/C17H22N2O5/c1-11(20)18-14(8-7-12-5-3-2-4-6-12)16(22)19-10-13(21)9-15(19)17(23)24/h2-6,13-15,21H,7-10H2,1H3,(H,18,20)(H,23,24)/t13?,14-,15?/m0/s1. The predicted molar refractivity (Wildman–Crippen MR) is 86.1 cm³/mol. The number of aryl methyl sites for hydroxylation is 1. The van der Waals surface area contributed by atoms with Gasteiger partial charge in [-0.3, -0.25) is 9.59 Å². The number of nitrogens with zero attached hydrogens (tertiary/aromatic N) is 1. The lowest BCUT2D eigenvalue weighted by atomic mass is 10.0. The van der Waals surface area contributed by atoms with Gasteiger partial charge in [0.15, 0.2) is 0 Å². The van der Waals surface area contributed by atoms with Crippen LogP contribution in [0, 0.1) is 0 Å². The Morgan fingerprint density at radius 2 is 1.96 bits per heavy atom. The van der Waals surface area contributed by atoms with Crippen LogP contribution in [0.4, 0.5) is 0 Å². The molecule has 0 radical (unpaired) electrons. The molecule has 1 fully saturated rings. The molecule has 130 valence electrons. The zero-order valence-corrected chi connectivity index (χ0v) is 13.5. The molecule has 0 aliphatic carbocycles. The SMILES string of the molecule is CC(=O)N[C@@H](CCc1ccccc1)C(=O)N1CC(O)CC1C(=O)O. The number of aliphatic carboxylic acids is 1. The van der Waals surface area contributed by atoms with Crippen LogP contribution in [0.25, 0.3) is 0 Å². The van der Waals surface area contributed by atoms with E-state index in [1.54, 1.807) is 0 Å². The highest BCUT2D eigenvalue weighted by Crippen LogP contribution is 2.20. The van der Waals surface area contributed by atoms with Crippen molar-refractivity contribution < 1.29 is 24.6 Å². The lowest BCUT2D eigenvalue weighted by molar-refractivity contribution is -0.149. The molecular formula is C17H22N2O5. The number of amides is 2. The lowest BCUT2D eigenvalue weighted by Gasteiger charge is -2.27. The van der Waals surface area contributed by atoms with Crippen LogP contribution in [-0.2, 0) is 20.8 Å². The second-order valence-corrected chi connectivity index (χ2v) is 6.01. The van der Waals surface area contributed by atoms with Crippen molar-refractivity contribution >= 4 is 17.8 Å². The Morgan fingerprint density at radius 3 is 2.54 bits per heavy atom. The molecule has 1 aliphatic heterocycles. The summed E-state index contributed by atoms with van der Waals surface area (Å²) in [6, 6.07) is 7.66. The third-order valence-electron chi connectivity index (χ3n) is 4.09. The van der Waals surface area contributed by atoms with Crippen molar-refractivity contribution in [2.75, 3.05) is 6.54 Å². The summed E-state index contributed by atoms with van der Waals surface area (Å²) in [6.45, 7) is 1.29. The molecular weight excluding hydrogens is 312 g/mol. The molecule has 1 aromatic rings. The fourth-order valence-corrected chi connectivity index (χ4v) is 2.95. The van der Waals surface area contributed by atoms with E-state index < -0.39 is 30.1 Å². The first-order valence-corrected chi connectivity index (χ1v) is 7.91. The van der Waals surface area contributed by atoms with Gasteiger partial charge in [0.1, 0.15) is 12.1 Å². The van der Waals surface area contributed by atoms with Crippen molar-refractivity contribution in [2.24, 2.45) is 0 Å². The van der Waals surface area contributed by atoms with Crippen molar-refractivity contribution in [3.05, 3.63) is 35.9 Å². The van der Waals surface area contributed by atoms with E-state index in [1.807, 2.05) is 30.3 Å². The zero-order valence-electron chi connectivity index (χ0n) is 13.5. The van der Waals surface area contributed by atoms with Crippen molar-refractivity contribution in [1.29, 1.82) is 0 Å².